The molecule has 1 N–H and O–H groups in total. The van der Waals surface area contributed by atoms with E-state index in [0.717, 1.165) is 10.9 Å². The molecule has 1 fully saturated rings. The zero-order valence-electron chi connectivity index (χ0n) is 11.6. The first-order valence-corrected chi connectivity index (χ1v) is 7.78. The van der Waals surface area contributed by atoms with Crippen LogP contribution in [0.1, 0.15) is 28.5 Å². The number of aliphatic hydroxyl groups excluding tert-OH is 1. The third-order valence-electron chi connectivity index (χ3n) is 3.85. The fourth-order valence-corrected chi connectivity index (χ4v) is 3.56. The van der Waals surface area contributed by atoms with Gasteiger partial charge in [-0.25, -0.2) is 0 Å². The number of thiazole rings is 1. The van der Waals surface area contributed by atoms with Gasteiger partial charge in [-0.05, 0) is 18.1 Å². The molecule has 0 unspecified atom stereocenters. The zero-order chi connectivity index (χ0) is 15.7. The molecular weight excluding hydrogens is 313 g/mol. The van der Waals surface area contributed by atoms with Gasteiger partial charge < -0.3 is 5.11 Å². The van der Waals surface area contributed by atoms with Gasteiger partial charge in [-0.1, -0.05) is 18.2 Å². The molecule has 1 aliphatic heterocycles. The van der Waals surface area contributed by atoms with Crippen LogP contribution in [0.4, 0.5) is 13.2 Å². The van der Waals surface area contributed by atoms with Crippen LogP contribution in [-0.4, -0.2) is 27.6 Å². The van der Waals surface area contributed by atoms with E-state index >= 15 is 0 Å². The van der Waals surface area contributed by atoms with Gasteiger partial charge in [-0.15, -0.1) is 11.3 Å². The van der Waals surface area contributed by atoms with Gasteiger partial charge in [0.25, 0.3) is 0 Å². The van der Waals surface area contributed by atoms with Gasteiger partial charge in [0.2, 0.25) is 0 Å². The predicted octanol–water partition coefficient (Wildman–Crippen LogP) is 3.47. The van der Waals surface area contributed by atoms with Crippen LogP contribution in [0.2, 0.25) is 0 Å². The van der Waals surface area contributed by atoms with Crippen LogP contribution in [0.5, 0.6) is 0 Å². The Morgan fingerprint density at radius 3 is 2.77 bits per heavy atom. The van der Waals surface area contributed by atoms with Gasteiger partial charge in [0.15, 0.2) is 0 Å². The number of aromatic nitrogens is 1. The summed E-state index contributed by atoms with van der Waals surface area (Å²) in [6.07, 6.45) is -2.98. The molecule has 2 aromatic rings. The molecule has 1 aliphatic rings. The standard InChI is InChI=1S/C15H15F3N2OS/c16-15(17,18)13-4-2-1-3-12(13)14-5-10(21)7-20(14)8-11-6-19-9-22-11/h1-4,6,9-10,14,21H,5,7-8H2/t10-,14-/m1/s1. The zero-order valence-corrected chi connectivity index (χ0v) is 12.4. The van der Waals surface area contributed by atoms with Crippen LogP contribution in [0, 0.1) is 0 Å². The summed E-state index contributed by atoms with van der Waals surface area (Å²) in [5.41, 5.74) is 1.31. The van der Waals surface area contributed by atoms with Gasteiger partial charge in [0, 0.05) is 30.2 Å². The third kappa shape index (κ3) is 3.16. The molecule has 2 heterocycles. The number of benzene rings is 1. The number of β-amino-alcohol motifs (C(OH)–C–C–N with tert-alkyl or cyclic N) is 1. The topological polar surface area (TPSA) is 36.4 Å². The van der Waals surface area contributed by atoms with E-state index in [2.05, 4.69) is 4.98 Å². The number of hydrogen-bond acceptors (Lipinski definition) is 4. The Hall–Kier alpha value is -1.44. The number of likely N-dealkylation sites (tertiary alicyclic amines) is 1. The molecule has 3 rings (SSSR count). The van der Waals surface area contributed by atoms with E-state index in [4.69, 9.17) is 0 Å². The van der Waals surface area contributed by atoms with Gasteiger partial charge in [-0.2, -0.15) is 13.2 Å². The maximum Gasteiger partial charge on any atom is 0.416 e. The van der Waals surface area contributed by atoms with Gasteiger partial charge in [0.1, 0.15) is 0 Å². The van der Waals surface area contributed by atoms with Crippen LogP contribution in [0.15, 0.2) is 36.0 Å². The second-order valence-corrected chi connectivity index (χ2v) is 6.36. The summed E-state index contributed by atoms with van der Waals surface area (Å²) in [7, 11) is 0. The Bertz CT molecular complexity index is 630. The minimum Gasteiger partial charge on any atom is -0.392 e. The van der Waals surface area contributed by atoms with Crippen molar-refractivity contribution in [3.05, 3.63) is 52.0 Å². The highest BCUT2D eigenvalue weighted by atomic mass is 32.1. The Kier molecular flexibility index (Phi) is 4.20. The summed E-state index contributed by atoms with van der Waals surface area (Å²) in [6, 6.07) is 5.18. The lowest BCUT2D eigenvalue weighted by atomic mass is 9.97. The van der Waals surface area contributed by atoms with E-state index in [9.17, 15) is 18.3 Å². The van der Waals surface area contributed by atoms with E-state index in [-0.39, 0.29) is 5.56 Å². The molecule has 0 spiro atoms. The summed E-state index contributed by atoms with van der Waals surface area (Å²) in [5.74, 6) is 0. The first kappa shape index (κ1) is 15.5. The van der Waals surface area contributed by atoms with Crippen molar-refractivity contribution in [2.24, 2.45) is 0 Å². The minimum atomic E-state index is -4.39. The van der Waals surface area contributed by atoms with Crippen molar-refractivity contribution in [1.29, 1.82) is 0 Å². The summed E-state index contributed by atoms with van der Waals surface area (Å²) in [5, 5.41) is 9.92. The van der Waals surface area contributed by atoms with Crippen molar-refractivity contribution in [2.45, 2.75) is 31.3 Å². The summed E-state index contributed by atoms with van der Waals surface area (Å²) < 4.78 is 39.6. The van der Waals surface area contributed by atoms with Gasteiger partial charge in [-0.3, -0.25) is 9.88 Å². The molecule has 0 radical (unpaired) electrons. The maximum absolute atomic E-state index is 13.2. The number of hydrogen-bond donors (Lipinski definition) is 1. The molecule has 3 nitrogen and oxygen atoms in total. The van der Waals surface area contributed by atoms with Crippen LogP contribution in [0.3, 0.4) is 0 Å². The predicted molar refractivity (Wildman–Crippen MR) is 77.3 cm³/mol. The molecule has 0 bridgehead atoms. The number of nitrogens with zero attached hydrogens (tertiary/aromatic N) is 2. The quantitative estimate of drug-likeness (QED) is 0.937. The highest BCUT2D eigenvalue weighted by molar-refractivity contribution is 7.09. The van der Waals surface area contributed by atoms with Crippen LogP contribution < -0.4 is 0 Å². The van der Waals surface area contributed by atoms with E-state index < -0.39 is 23.9 Å². The SMILES string of the molecule is O[C@@H]1C[C@H](c2ccccc2C(F)(F)F)N(Cc2cncs2)C1. The number of halogens is 3. The van der Waals surface area contributed by atoms with E-state index in [1.165, 1.54) is 23.5 Å². The molecule has 0 amide bonds. The Balaban J connectivity index is 1.92. The largest absolute Gasteiger partial charge is 0.416 e. The lowest BCUT2D eigenvalue weighted by molar-refractivity contribution is -0.138. The van der Waals surface area contributed by atoms with Crippen molar-refractivity contribution < 1.29 is 18.3 Å². The smallest absolute Gasteiger partial charge is 0.392 e. The maximum atomic E-state index is 13.2. The van der Waals surface area contributed by atoms with Crippen LogP contribution in [0.25, 0.3) is 0 Å². The second-order valence-electron chi connectivity index (χ2n) is 5.39. The molecular formula is C15H15F3N2OS. The summed E-state index contributed by atoms with van der Waals surface area (Å²) in [6.45, 7) is 0.868. The first-order chi connectivity index (χ1) is 10.4. The fraction of sp³-hybridized carbons (Fsp3) is 0.400. The Morgan fingerprint density at radius 2 is 2.09 bits per heavy atom. The van der Waals surface area contributed by atoms with Gasteiger partial charge >= 0.3 is 6.18 Å². The fourth-order valence-electron chi connectivity index (χ4n) is 2.94. The first-order valence-electron chi connectivity index (χ1n) is 6.91. The minimum absolute atomic E-state index is 0.232. The molecule has 0 saturated carbocycles. The number of rotatable bonds is 3. The molecule has 1 aromatic heterocycles. The van der Waals surface area contributed by atoms with Crippen molar-refractivity contribution in [2.75, 3.05) is 6.54 Å². The Morgan fingerprint density at radius 1 is 1.32 bits per heavy atom. The van der Waals surface area contributed by atoms with Crippen LogP contribution in [-0.2, 0) is 12.7 Å². The van der Waals surface area contributed by atoms with Crippen molar-refractivity contribution in [3.63, 3.8) is 0 Å². The van der Waals surface area contributed by atoms with E-state index in [1.807, 2.05) is 4.90 Å². The van der Waals surface area contributed by atoms with E-state index in [0.29, 0.717) is 19.5 Å². The normalized spacial score (nSPS) is 23.1. The Labute approximate surface area is 130 Å². The highest BCUT2D eigenvalue weighted by Gasteiger charge is 2.39. The number of alkyl halides is 3. The molecule has 7 heteroatoms. The van der Waals surface area contributed by atoms with Crippen LogP contribution >= 0.6 is 11.3 Å². The van der Waals surface area contributed by atoms with Crippen molar-refractivity contribution in [1.82, 2.24) is 9.88 Å². The second kappa shape index (κ2) is 5.98. The average Bonchev–Trinajstić information content (AvgIpc) is 3.08. The lowest BCUT2D eigenvalue weighted by Crippen LogP contribution is -2.25. The molecule has 118 valence electrons. The van der Waals surface area contributed by atoms with Crippen molar-refractivity contribution in [3.8, 4) is 0 Å². The third-order valence-corrected chi connectivity index (χ3v) is 4.61. The van der Waals surface area contributed by atoms with E-state index in [1.54, 1.807) is 17.8 Å². The average molecular weight is 328 g/mol. The van der Waals surface area contributed by atoms with Gasteiger partial charge in [0.05, 0.1) is 17.2 Å². The molecule has 1 saturated heterocycles. The summed E-state index contributed by atoms with van der Waals surface area (Å²) >= 11 is 1.46. The monoisotopic (exact) mass is 328 g/mol. The molecule has 22 heavy (non-hydrogen) atoms. The summed E-state index contributed by atoms with van der Waals surface area (Å²) in [4.78, 5) is 6.85. The molecule has 2 atom stereocenters. The number of aliphatic hydroxyl groups is 1. The highest BCUT2D eigenvalue weighted by Crippen LogP contribution is 2.41. The van der Waals surface area contributed by atoms with Crippen molar-refractivity contribution >= 4 is 11.3 Å². The molecule has 0 aliphatic carbocycles. The molecule has 1 aromatic carbocycles. The lowest BCUT2D eigenvalue weighted by Gasteiger charge is -2.26.